The van der Waals surface area contributed by atoms with Crippen LogP contribution in [0.15, 0.2) is 47.4 Å². The molecule has 0 radical (unpaired) electrons. The van der Waals surface area contributed by atoms with Gasteiger partial charge >= 0.3 is 5.69 Å². The first-order valence-electron chi connectivity index (χ1n) is 15.3. The summed E-state index contributed by atoms with van der Waals surface area (Å²) in [5, 5.41) is 11.8. The van der Waals surface area contributed by atoms with Crippen LogP contribution in [0.4, 0.5) is 5.82 Å². The summed E-state index contributed by atoms with van der Waals surface area (Å²) >= 11 is 0. The van der Waals surface area contributed by atoms with Gasteiger partial charge < -0.3 is 29.3 Å². The maximum atomic E-state index is 13.5. The summed E-state index contributed by atoms with van der Waals surface area (Å²) in [7, 11) is -4.10. The highest BCUT2D eigenvalue weighted by Crippen LogP contribution is 2.51. The molecule has 1 aliphatic rings. The Morgan fingerprint density at radius 1 is 1.18 bits per heavy atom. The Balaban J connectivity index is 2.05. The van der Waals surface area contributed by atoms with E-state index in [1.54, 1.807) is 30.3 Å². The van der Waals surface area contributed by atoms with Crippen molar-refractivity contribution < 1.29 is 23.0 Å². The molecular weight excluding hydrogens is 611 g/mol. The molecule has 2 unspecified atom stereocenters. The summed E-state index contributed by atoms with van der Waals surface area (Å²) in [5.41, 5.74) is 6.05. The first-order valence-corrected chi connectivity index (χ1v) is 19.4. The molecule has 2 heterocycles. The van der Waals surface area contributed by atoms with Gasteiger partial charge in [-0.2, -0.15) is 10.2 Å². The predicted molar refractivity (Wildman–Crippen MR) is 178 cm³/mol. The van der Waals surface area contributed by atoms with E-state index >= 15 is 0 Å². The van der Waals surface area contributed by atoms with Crippen LogP contribution in [0.1, 0.15) is 71.5 Å². The van der Waals surface area contributed by atoms with Crippen molar-refractivity contribution in [2.45, 2.75) is 110 Å². The van der Waals surface area contributed by atoms with Gasteiger partial charge in [0.15, 0.2) is 14.5 Å². The van der Waals surface area contributed by atoms with Gasteiger partial charge in [-0.1, -0.05) is 39.0 Å². The Morgan fingerprint density at radius 3 is 2.36 bits per heavy atom. The van der Waals surface area contributed by atoms with Crippen LogP contribution in [0.25, 0.3) is 0 Å². The van der Waals surface area contributed by atoms with Crippen molar-refractivity contribution in [2.24, 2.45) is 5.73 Å². The van der Waals surface area contributed by atoms with Crippen LogP contribution in [0.3, 0.4) is 0 Å². The molecule has 0 saturated carbocycles. The van der Waals surface area contributed by atoms with Gasteiger partial charge in [-0.25, -0.2) is 9.46 Å². The number of nitrogens with zero attached hydrogens (tertiary/aromatic N) is 4. The van der Waals surface area contributed by atoms with Crippen LogP contribution < -0.4 is 16.7 Å². The molecule has 0 aliphatic carbocycles. The number of nitriles is 1. The van der Waals surface area contributed by atoms with Crippen LogP contribution in [-0.4, -0.2) is 72.0 Å². The standard InChI is InChI=1S/C31H49N6O6PSi/c1-21(2)37(22(3)4)44(40-19-13-17-32)42-27-26(43-45(8,9)31(5,6)7)24(20-33)41-29(27)36-18-16-25(35-30(36)39)34-28(38)23-14-11-10-12-15-23/h10-12,14-16,18,21-22,24,26-27,29H,13,19-20,33H2,1-9H3,(H,34,35,38,39)/t24-,26?,27+,29-,44?/m1/s1. The average molecular weight is 661 g/mol. The van der Waals surface area contributed by atoms with E-state index in [0.29, 0.717) is 5.56 Å². The monoisotopic (exact) mass is 660 g/mol. The van der Waals surface area contributed by atoms with Crippen molar-refractivity contribution >= 4 is 28.6 Å². The minimum atomic E-state index is -2.38. The van der Waals surface area contributed by atoms with Crippen LogP contribution in [0, 0.1) is 11.3 Å². The second-order valence-electron chi connectivity index (χ2n) is 13.1. The van der Waals surface area contributed by atoms with Gasteiger partial charge in [0.2, 0.25) is 0 Å². The molecule has 5 atom stereocenters. The number of nitrogens with one attached hydrogen (secondary N) is 1. The summed E-state index contributed by atoms with van der Waals surface area (Å²) in [4.78, 5) is 30.3. The molecule has 0 spiro atoms. The first kappa shape index (κ1) is 36.9. The number of carbonyl (C=O) groups excluding carboxylic acids is 1. The van der Waals surface area contributed by atoms with E-state index in [1.165, 1.54) is 10.8 Å². The molecule has 1 saturated heterocycles. The van der Waals surface area contributed by atoms with Gasteiger partial charge in [0.1, 0.15) is 24.1 Å². The van der Waals surface area contributed by atoms with E-state index in [1.807, 2.05) is 6.07 Å². The molecule has 45 heavy (non-hydrogen) atoms. The first-order chi connectivity index (χ1) is 21.1. The Kier molecular flexibility index (Phi) is 13.0. The number of amides is 1. The molecule has 3 N–H and O–H groups in total. The summed E-state index contributed by atoms with van der Waals surface area (Å²) in [5.74, 6) is -0.273. The van der Waals surface area contributed by atoms with Crippen molar-refractivity contribution in [1.82, 2.24) is 14.2 Å². The summed E-state index contributed by atoms with van der Waals surface area (Å²) in [6, 6.07) is 12.5. The number of nitrogens with two attached hydrogens (primary N) is 1. The average Bonchev–Trinajstić information content (AvgIpc) is 3.28. The molecule has 1 fully saturated rings. The lowest BCUT2D eigenvalue weighted by Gasteiger charge is -2.42. The van der Waals surface area contributed by atoms with Gasteiger partial charge in [-0.3, -0.25) is 9.36 Å². The Labute approximate surface area is 269 Å². The summed E-state index contributed by atoms with van der Waals surface area (Å²) in [6.45, 7) is 19.3. The summed E-state index contributed by atoms with van der Waals surface area (Å²) < 4.78 is 29.9. The van der Waals surface area contributed by atoms with E-state index in [4.69, 9.17) is 23.9 Å². The highest BCUT2D eigenvalue weighted by Gasteiger charge is 2.53. The normalized spacial score (nSPS) is 21.3. The lowest BCUT2D eigenvalue weighted by Crippen LogP contribution is -2.51. The molecule has 0 bridgehead atoms. The maximum absolute atomic E-state index is 13.5. The topological polar surface area (TPSA) is 154 Å². The minimum absolute atomic E-state index is 0.0564. The zero-order chi connectivity index (χ0) is 33.5. The third-order valence-corrected chi connectivity index (χ3v) is 14.6. The number of ether oxygens (including phenoxy) is 1. The maximum Gasteiger partial charge on any atom is 0.351 e. The van der Waals surface area contributed by atoms with Crippen LogP contribution in [0.2, 0.25) is 18.1 Å². The highest BCUT2D eigenvalue weighted by molar-refractivity contribution is 7.44. The highest BCUT2D eigenvalue weighted by atomic mass is 31.2. The van der Waals surface area contributed by atoms with Crippen molar-refractivity contribution in [3.05, 3.63) is 58.6 Å². The zero-order valence-electron chi connectivity index (χ0n) is 27.9. The van der Waals surface area contributed by atoms with E-state index in [9.17, 15) is 14.9 Å². The van der Waals surface area contributed by atoms with E-state index in [0.717, 1.165) is 0 Å². The van der Waals surface area contributed by atoms with Crippen LogP contribution in [-0.2, 0) is 18.2 Å². The number of aromatic nitrogens is 2. The largest absolute Gasteiger partial charge is 0.408 e. The van der Waals surface area contributed by atoms with Crippen molar-refractivity contribution in [3.8, 4) is 6.07 Å². The molecule has 1 aromatic carbocycles. The smallest absolute Gasteiger partial charge is 0.351 e. The Hall–Kier alpha value is -2.53. The molecule has 1 aliphatic heterocycles. The van der Waals surface area contributed by atoms with E-state index in [-0.39, 0.29) is 48.4 Å². The van der Waals surface area contributed by atoms with Crippen LogP contribution >= 0.6 is 8.53 Å². The zero-order valence-corrected chi connectivity index (χ0v) is 29.8. The molecule has 248 valence electrons. The fraction of sp³-hybridized carbons (Fsp3) is 0.613. The number of rotatable bonds is 14. The Morgan fingerprint density at radius 2 is 1.82 bits per heavy atom. The van der Waals surface area contributed by atoms with E-state index in [2.05, 4.69) is 82.6 Å². The molecular formula is C31H49N6O6PSi. The van der Waals surface area contributed by atoms with Crippen molar-refractivity contribution in [3.63, 3.8) is 0 Å². The van der Waals surface area contributed by atoms with Crippen LogP contribution in [0.5, 0.6) is 0 Å². The van der Waals surface area contributed by atoms with E-state index < -0.39 is 47.1 Å². The van der Waals surface area contributed by atoms with Crippen molar-refractivity contribution in [1.29, 1.82) is 5.26 Å². The van der Waals surface area contributed by atoms with Gasteiger partial charge in [0.05, 0.1) is 19.1 Å². The third kappa shape index (κ3) is 9.27. The van der Waals surface area contributed by atoms with Gasteiger partial charge in [-0.05, 0) is 64.0 Å². The van der Waals surface area contributed by atoms with Gasteiger partial charge in [0.25, 0.3) is 14.4 Å². The molecule has 2 aromatic rings. The lowest BCUT2D eigenvalue weighted by molar-refractivity contribution is -0.0338. The SMILES string of the molecule is CC(C)N(C(C)C)P(OCCC#N)O[C@H]1C(O[Si](C)(C)C(C)(C)C)[C@@H](CN)O[C@H]1n1ccc(NC(=O)c2ccccc2)nc1=O. The number of benzene rings is 1. The second-order valence-corrected chi connectivity index (χ2v) is 19.2. The third-order valence-electron chi connectivity index (χ3n) is 8.01. The number of anilines is 1. The molecule has 12 nitrogen and oxygen atoms in total. The molecule has 1 amide bonds. The fourth-order valence-electron chi connectivity index (χ4n) is 4.75. The minimum Gasteiger partial charge on any atom is -0.408 e. The molecule has 3 rings (SSSR count). The lowest BCUT2D eigenvalue weighted by atomic mass is 10.1. The fourth-order valence-corrected chi connectivity index (χ4v) is 7.80. The summed E-state index contributed by atoms with van der Waals surface area (Å²) in [6.07, 6.45) is -1.22. The second kappa shape index (κ2) is 15.8. The number of hydrogen-bond acceptors (Lipinski definition) is 10. The molecule has 1 aromatic heterocycles. The molecule has 14 heteroatoms. The quantitative estimate of drug-likeness (QED) is 0.153. The Bertz CT molecular complexity index is 1350. The number of hydrogen-bond donors (Lipinski definition) is 2. The van der Waals surface area contributed by atoms with Crippen molar-refractivity contribution in [2.75, 3.05) is 18.5 Å². The van der Waals surface area contributed by atoms with Gasteiger partial charge in [0, 0.05) is 30.4 Å². The number of carbonyl (C=O) groups is 1. The predicted octanol–water partition coefficient (Wildman–Crippen LogP) is 5.40. The van der Waals surface area contributed by atoms with Gasteiger partial charge in [-0.15, -0.1) is 0 Å².